The maximum absolute atomic E-state index is 13.1. The van der Waals surface area contributed by atoms with Crippen LogP contribution >= 0.6 is 15.9 Å². The van der Waals surface area contributed by atoms with E-state index in [9.17, 15) is 32.3 Å². The molecule has 1 fully saturated rings. The normalized spacial score (nSPS) is 14.9. The van der Waals surface area contributed by atoms with Crippen molar-refractivity contribution in [2.45, 2.75) is 6.18 Å². The van der Waals surface area contributed by atoms with Gasteiger partial charge >= 0.3 is 18.2 Å². The topological polar surface area (TPSA) is 102 Å². The monoisotopic (exact) mass is 588 g/mol. The molecular formula is C26H16BrF3N2O6. The highest BCUT2D eigenvalue weighted by molar-refractivity contribution is 9.10. The van der Waals surface area contributed by atoms with Crippen LogP contribution in [0.2, 0.25) is 0 Å². The summed E-state index contributed by atoms with van der Waals surface area (Å²) in [7, 11) is 1.32. The summed E-state index contributed by atoms with van der Waals surface area (Å²) in [6.07, 6.45) is -3.58. The number of carbonyl (C=O) groups is 4. The number of nitrogens with one attached hydrogen (secondary N) is 1. The van der Waals surface area contributed by atoms with E-state index in [2.05, 4.69) is 15.9 Å². The van der Waals surface area contributed by atoms with Crippen LogP contribution in [0.1, 0.15) is 21.5 Å². The van der Waals surface area contributed by atoms with Gasteiger partial charge in [0, 0.05) is 4.47 Å². The van der Waals surface area contributed by atoms with Crippen molar-refractivity contribution in [1.82, 2.24) is 5.32 Å². The molecular weight excluding hydrogens is 573 g/mol. The Morgan fingerprint density at radius 3 is 2.34 bits per heavy atom. The minimum absolute atomic E-state index is 0.0581. The zero-order chi connectivity index (χ0) is 27.6. The molecule has 0 saturated carbocycles. The highest BCUT2D eigenvalue weighted by Crippen LogP contribution is 2.33. The molecule has 0 unspecified atom stereocenters. The second kappa shape index (κ2) is 10.5. The van der Waals surface area contributed by atoms with Crippen LogP contribution in [0.4, 0.5) is 23.7 Å². The molecule has 12 heteroatoms. The number of rotatable bonds is 5. The van der Waals surface area contributed by atoms with Gasteiger partial charge in [0.15, 0.2) is 11.5 Å². The van der Waals surface area contributed by atoms with Crippen LogP contribution < -0.4 is 19.7 Å². The number of carbonyl (C=O) groups excluding carboxylic acids is 4. The second-order valence-electron chi connectivity index (χ2n) is 7.81. The fourth-order valence-corrected chi connectivity index (χ4v) is 3.75. The van der Waals surface area contributed by atoms with Gasteiger partial charge in [-0.05, 0) is 66.2 Å². The lowest BCUT2D eigenvalue weighted by atomic mass is 10.1. The number of methoxy groups -OCH3 is 1. The molecule has 4 rings (SSSR count). The smallest absolute Gasteiger partial charge is 0.416 e. The first-order valence-corrected chi connectivity index (χ1v) is 11.5. The average Bonchev–Trinajstić information content (AvgIpc) is 2.87. The van der Waals surface area contributed by atoms with E-state index < -0.39 is 41.1 Å². The Labute approximate surface area is 221 Å². The number of nitrogens with zero attached hydrogens (tertiary/aromatic N) is 1. The lowest BCUT2D eigenvalue weighted by molar-refractivity contribution is -0.137. The third kappa shape index (κ3) is 5.59. The molecule has 194 valence electrons. The Morgan fingerprint density at radius 2 is 1.68 bits per heavy atom. The number of alkyl halides is 3. The fourth-order valence-electron chi connectivity index (χ4n) is 3.48. The van der Waals surface area contributed by atoms with Crippen molar-refractivity contribution in [3.63, 3.8) is 0 Å². The van der Waals surface area contributed by atoms with Gasteiger partial charge in [0.1, 0.15) is 5.57 Å². The molecule has 1 heterocycles. The van der Waals surface area contributed by atoms with Crippen molar-refractivity contribution in [3.05, 3.63) is 93.5 Å². The fraction of sp³-hybridized carbons (Fsp3) is 0.0769. The first-order valence-electron chi connectivity index (χ1n) is 10.7. The number of urea groups is 1. The van der Waals surface area contributed by atoms with Crippen LogP contribution in [0, 0.1) is 0 Å². The molecule has 1 saturated heterocycles. The molecule has 8 nitrogen and oxygen atoms in total. The van der Waals surface area contributed by atoms with Crippen molar-refractivity contribution >= 4 is 51.5 Å². The number of hydrogen-bond acceptors (Lipinski definition) is 6. The van der Waals surface area contributed by atoms with Gasteiger partial charge in [-0.25, -0.2) is 14.5 Å². The van der Waals surface area contributed by atoms with E-state index in [0.717, 1.165) is 28.7 Å². The Kier molecular flexibility index (Phi) is 7.35. The van der Waals surface area contributed by atoms with Crippen molar-refractivity contribution in [3.8, 4) is 11.5 Å². The van der Waals surface area contributed by atoms with Crippen molar-refractivity contribution in [1.29, 1.82) is 0 Å². The minimum Gasteiger partial charge on any atom is -0.493 e. The van der Waals surface area contributed by atoms with E-state index in [1.54, 1.807) is 24.3 Å². The average molecular weight is 589 g/mol. The van der Waals surface area contributed by atoms with E-state index in [-0.39, 0.29) is 28.3 Å². The summed E-state index contributed by atoms with van der Waals surface area (Å²) in [5, 5.41) is 1.95. The maximum atomic E-state index is 13.1. The van der Waals surface area contributed by atoms with Crippen LogP contribution in [-0.4, -0.2) is 30.9 Å². The zero-order valence-corrected chi connectivity index (χ0v) is 20.9. The standard InChI is InChI=1S/C26H16BrF3N2O6/c1-37-21-12-14(5-10-20(21)38-24(35)15-6-8-17(27)9-7-15)11-19-22(33)31-25(36)32(23(19)34)18-4-2-3-16(13-18)26(28,29)30/h2-13H,1H3,(H,31,33,36)/b19-11+. The predicted molar refractivity (Wildman–Crippen MR) is 133 cm³/mol. The molecule has 0 aromatic heterocycles. The Balaban J connectivity index is 1.63. The molecule has 3 aromatic carbocycles. The molecule has 4 amide bonds. The molecule has 0 bridgehead atoms. The highest BCUT2D eigenvalue weighted by Gasteiger charge is 2.38. The molecule has 1 aliphatic heterocycles. The van der Waals surface area contributed by atoms with Gasteiger partial charge in [-0.1, -0.05) is 28.1 Å². The molecule has 38 heavy (non-hydrogen) atoms. The van der Waals surface area contributed by atoms with Gasteiger partial charge in [0.25, 0.3) is 11.8 Å². The summed E-state index contributed by atoms with van der Waals surface area (Å²) in [6, 6.07) is 13.0. The SMILES string of the molecule is COc1cc(/C=C2\C(=O)NC(=O)N(c3cccc(C(F)(F)F)c3)C2=O)ccc1OC(=O)c1ccc(Br)cc1. The second-order valence-corrected chi connectivity index (χ2v) is 8.73. The summed E-state index contributed by atoms with van der Waals surface area (Å²) in [4.78, 5) is 50.7. The van der Waals surface area contributed by atoms with Crippen LogP contribution in [0.15, 0.2) is 76.8 Å². The summed E-state index contributed by atoms with van der Waals surface area (Å²) >= 11 is 3.28. The molecule has 0 atom stereocenters. The number of amides is 4. The largest absolute Gasteiger partial charge is 0.493 e. The van der Waals surface area contributed by atoms with Crippen molar-refractivity contribution in [2.24, 2.45) is 0 Å². The number of halogens is 4. The summed E-state index contributed by atoms with van der Waals surface area (Å²) in [6.45, 7) is 0. The summed E-state index contributed by atoms with van der Waals surface area (Å²) in [5.41, 5.74) is -1.42. The summed E-state index contributed by atoms with van der Waals surface area (Å²) < 4.78 is 50.8. The van der Waals surface area contributed by atoms with Crippen molar-refractivity contribution < 1.29 is 41.8 Å². The van der Waals surface area contributed by atoms with E-state index in [0.29, 0.717) is 11.0 Å². The minimum atomic E-state index is -4.71. The van der Waals surface area contributed by atoms with E-state index in [1.165, 1.54) is 25.3 Å². The highest BCUT2D eigenvalue weighted by atomic mass is 79.9. The number of barbiturate groups is 1. The number of benzene rings is 3. The third-order valence-electron chi connectivity index (χ3n) is 5.31. The Bertz CT molecular complexity index is 1490. The molecule has 1 N–H and O–H groups in total. The predicted octanol–water partition coefficient (Wildman–Crippen LogP) is 5.36. The first-order chi connectivity index (χ1) is 18.0. The van der Waals surface area contributed by atoms with E-state index >= 15 is 0 Å². The van der Waals surface area contributed by atoms with Gasteiger partial charge in [-0.2, -0.15) is 13.2 Å². The number of hydrogen-bond donors (Lipinski definition) is 1. The Hall–Kier alpha value is -4.45. The van der Waals surface area contributed by atoms with Crippen LogP contribution in [0.3, 0.4) is 0 Å². The summed E-state index contributed by atoms with van der Waals surface area (Å²) in [5.74, 6) is -2.66. The molecule has 1 aliphatic rings. The number of ether oxygens (including phenoxy) is 2. The van der Waals surface area contributed by atoms with Crippen LogP contribution in [0.5, 0.6) is 11.5 Å². The first kappa shape index (κ1) is 26.6. The number of esters is 1. The van der Waals surface area contributed by atoms with Crippen molar-refractivity contribution in [2.75, 3.05) is 12.0 Å². The van der Waals surface area contributed by atoms with Gasteiger partial charge in [0.05, 0.1) is 23.9 Å². The molecule has 0 spiro atoms. The van der Waals surface area contributed by atoms with Crippen LogP contribution in [-0.2, 0) is 15.8 Å². The molecule has 0 radical (unpaired) electrons. The van der Waals surface area contributed by atoms with Gasteiger partial charge < -0.3 is 9.47 Å². The van der Waals surface area contributed by atoms with Gasteiger partial charge in [0.2, 0.25) is 0 Å². The zero-order valence-electron chi connectivity index (χ0n) is 19.3. The van der Waals surface area contributed by atoms with Crippen LogP contribution in [0.25, 0.3) is 6.08 Å². The lowest BCUT2D eigenvalue weighted by Crippen LogP contribution is -2.54. The third-order valence-corrected chi connectivity index (χ3v) is 5.84. The Morgan fingerprint density at radius 1 is 0.974 bits per heavy atom. The quantitative estimate of drug-likeness (QED) is 0.186. The van der Waals surface area contributed by atoms with E-state index in [1.807, 2.05) is 5.32 Å². The van der Waals surface area contributed by atoms with Gasteiger partial charge in [-0.15, -0.1) is 0 Å². The molecule has 3 aromatic rings. The lowest BCUT2D eigenvalue weighted by Gasteiger charge is -2.27. The number of anilines is 1. The molecule has 0 aliphatic carbocycles. The number of imide groups is 2. The maximum Gasteiger partial charge on any atom is 0.416 e. The van der Waals surface area contributed by atoms with Gasteiger partial charge in [-0.3, -0.25) is 14.9 Å². The van der Waals surface area contributed by atoms with E-state index in [4.69, 9.17) is 9.47 Å².